The Morgan fingerprint density at radius 3 is 2.60 bits per heavy atom. The molecule has 0 spiro atoms. The molecule has 1 heterocycles. The average Bonchev–Trinajstić information content (AvgIpc) is 2.25. The monoisotopic (exact) mass is 232 g/mol. The van der Waals surface area contributed by atoms with Gasteiger partial charge in [0, 0.05) is 6.61 Å². The molecule has 2 atom stereocenters. The molecule has 1 saturated heterocycles. The zero-order chi connectivity index (χ0) is 10.9. The fraction of sp³-hybridized carbons (Fsp3) is 1.00. The lowest BCUT2D eigenvalue weighted by molar-refractivity contribution is 0.0213. The Labute approximate surface area is 99.5 Å². The maximum absolute atomic E-state index is 6.12. The third-order valence-electron chi connectivity index (χ3n) is 3.30. The molecular formula is C13H25ClO. The normalized spacial score (nSPS) is 26.8. The predicted molar refractivity (Wildman–Crippen MR) is 66.3 cm³/mol. The highest BCUT2D eigenvalue weighted by atomic mass is 35.5. The van der Waals surface area contributed by atoms with Crippen LogP contribution in [0.4, 0.5) is 0 Å². The average molecular weight is 233 g/mol. The lowest BCUT2D eigenvalue weighted by atomic mass is 9.95. The van der Waals surface area contributed by atoms with Crippen molar-refractivity contribution in [3.05, 3.63) is 0 Å². The Hall–Kier alpha value is 0.250. The van der Waals surface area contributed by atoms with E-state index in [2.05, 4.69) is 6.92 Å². The fourth-order valence-corrected chi connectivity index (χ4v) is 2.61. The molecule has 1 aliphatic heterocycles. The van der Waals surface area contributed by atoms with Crippen molar-refractivity contribution >= 4 is 11.6 Å². The first kappa shape index (κ1) is 13.3. The summed E-state index contributed by atoms with van der Waals surface area (Å²) in [6.07, 6.45) is 12.0. The first-order valence-electron chi connectivity index (χ1n) is 6.60. The number of unbranched alkanes of at least 4 members (excludes halogenated alkanes) is 5. The van der Waals surface area contributed by atoms with E-state index in [4.69, 9.17) is 16.3 Å². The number of hydrogen-bond acceptors (Lipinski definition) is 1. The lowest BCUT2D eigenvalue weighted by Crippen LogP contribution is -2.24. The minimum atomic E-state index is -0.00519. The van der Waals surface area contributed by atoms with Gasteiger partial charge in [-0.25, -0.2) is 0 Å². The summed E-state index contributed by atoms with van der Waals surface area (Å²) in [6, 6.07) is 0. The van der Waals surface area contributed by atoms with Crippen molar-refractivity contribution < 1.29 is 4.74 Å². The number of halogens is 1. The predicted octanol–water partition coefficient (Wildman–Crippen LogP) is 4.73. The number of alkyl halides is 1. The van der Waals surface area contributed by atoms with Gasteiger partial charge in [-0.3, -0.25) is 0 Å². The first-order chi connectivity index (χ1) is 7.34. The van der Waals surface area contributed by atoms with Crippen LogP contribution < -0.4 is 0 Å². The Morgan fingerprint density at radius 1 is 1.13 bits per heavy atom. The Kier molecular flexibility index (Phi) is 7.46. The summed E-state index contributed by atoms with van der Waals surface area (Å²) in [5.41, 5.74) is -0.00519. The fourth-order valence-electron chi connectivity index (χ4n) is 2.27. The van der Waals surface area contributed by atoms with Gasteiger partial charge in [-0.05, 0) is 25.2 Å². The van der Waals surface area contributed by atoms with Crippen LogP contribution in [0.25, 0.3) is 0 Å². The molecular weight excluding hydrogens is 208 g/mol. The molecule has 0 aromatic heterocycles. The van der Waals surface area contributed by atoms with E-state index in [1.54, 1.807) is 0 Å². The molecule has 0 N–H and O–H groups in total. The summed E-state index contributed by atoms with van der Waals surface area (Å²) in [6.45, 7) is 3.12. The molecule has 15 heavy (non-hydrogen) atoms. The van der Waals surface area contributed by atoms with Crippen molar-refractivity contribution in [1.29, 1.82) is 0 Å². The van der Waals surface area contributed by atoms with Crippen LogP contribution in [0.2, 0.25) is 0 Å². The van der Waals surface area contributed by atoms with Crippen molar-refractivity contribution in [2.45, 2.75) is 70.3 Å². The standard InChI is InChI=1S/C13H25ClO/c1-2-3-4-5-6-7-9-12-10-8-11-15-13(12)14/h12-13H,2-11H2,1H3. The van der Waals surface area contributed by atoms with Gasteiger partial charge < -0.3 is 4.74 Å². The van der Waals surface area contributed by atoms with Crippen LogP contribution in [-0.4, -0.2) is 12.2 Å². The Balaban J connectivity index is 1.94. The molecule has 0 bridgehead atoms. The molecule has 1 aliphatic rings. The number of hydrogen-bond donors (Lipinski definition) is 0. The van der Waals surface area contributed by atoms with Gasteiger partial charge in [0.15, 0.2) is 0 Å². The summed E-state index contributed by atoms with van der Waals surface area (Å²) in [5.74, 6) is 0.617. The summed E-state index contributed by atoms with van der Waals surface area (Å²) in [7, 11) is 0. The topological polar surface area (TPSA) is 9.23 Å². The van der Waals surface area contributed by atoms with Crippen LogP contribution in [0, 0.1) is 5.92 Å². The molecule has 0 aromatic carbocycles. The molecule has 90 valence electrons. The van der Waals surface area contributed by atoms with Gasteiger partial charge in [0.2, 0.25) is 0 Å². The summed E-state index contributed by atoms with van der Waals surface area (Å²) >= 11 is 6.12. The van der Waals surface area contributed by atoms with Gasteiger partial charge in [0.1, 0.15) is 5.56 Å². The van der Waals surface area contributed by atoms with E-state index in [9.17, 15) is 0 Å². The van der Waals surface area contributed by atoms with E-state index in [0.717, 1.165) is 6.61 Å². The van der Waals surface area contributed by atoms with Crippen LogP contribution in [0.5, 0.6) is 0 Å². The molecule has 0 radical (unpaired) electrons. The third-order valence-corrected chi connectivity index (χ3v) is 3.78. The van der Waals surface area contributed by atoms with E-state index in [1.165, 1.54) is 57.8 Å². The second-order valence-corrected chi connectivity index (χ2v) is 5.11. The molecule has 1 fully saturated rings. The van der Waals surface area contributed by atoms with Crippen LogP contribution in [0.3, 0.4) is 0 Å². The molecule has 0 aromatic rings. The lowest BCUT2D eigenvalue weighted by Gasteiger charge is -2.27. The summed E-state index contributed by atoms with van der Waals surface area (Å²) < 4.78 is 5.45. The second-order valence-electron chi connectivity index (χ2n) is 4.68. The van der Waals surface area contributed by atoms with Gasteiger partial charge in [0.05, 0.1) is 0 Å². The van der Waals surface area contributed by atoms with E-state index >= 15 is 0 Å². The molecule has 2 unspecified atom stereocenters. The number of rotatable bonds is 7. The number of ether oxygens (including phenoxy) is 1. The van der Waals surface area contributed by atoms with Crippen molar-refractivity contribution in [1.82, 2.24) is 0 Å². The van der Waals surface area contributed by atoms with E-state index in [0.29, 0.717) is 5.92 Å². The SMILES string of the molecule is CCCCCCCCC1CCCOC1Cl. The van der Waals surface area contributed by atoms with Gasteiger partial charge >= 0.3 is 0 Å². The minimum absolute atomic E-state index is 0.00519. The largest absolute Gasteiger partial charge is 0.362 e. The minimum Gasteiger partial charge on any atom is -0.362 e. The van der Waals surface area contributed by atoms with Crippen LogP contribution in [-0.2, 0) is 4.74 Å². The molecule has 0 saturated carbocycles. The first-order valence-corrected chi connectivity index (χ1v) is 7.04. The van der Waals surface area contributed by atoms with Crippen LogP contribution in [0.15, 0.2) is 0 Å². The zero-order valence-electron chi connectivity index (χ0n) is 10.0. The van der Waals surface area contributed by atoms with Gasteiger partial charge in [-0.1, -0.05) is 57.0 Å². The highest BCUT2D eigenvalue weighted by Crippen LogP contribution is 2.28. The van der Waals surface area contributed by atoms with Gasteiger partial charge in [-0.2, -0.15) is 0 Å². The molecule has 0 aliphatic carbocycles. The molecule has 1 rings (SSSR count). The smallest absolute Gasteiger partial charge is 0.133 e. The molecule has 1 nitrogen and oxygen atoms in total. The van der Waals surface area contributed by atoms with Gasteiger partial charge in [-0.15, -0.1) is 0 Å². The molecule has 2 heteroatoms. The van der Waals surface area contributed by atoms with Crippen molar-refractivity contribution in [3.8, 4) is 0 Å². The Morgan fingerprint density at radius 2 is 1.87 bits per heavy atom. The summed E-state index contributed by atoms with van der Waals surface area (Å²) in [5, 5.41) is 0. The summed E-state index contributed by atoms with van der Waals surface area (Å²) in [4.78, 5) is 0. The van der Waals surface area contributed by atoms with Crippen molar-refractivity contribution in [3.63, 3.8) is 0 Å². The maximum Gasteiger partial charge on any atom is 0.133 e. The van der Waals surface area contributed by atoms with Gasteiger partial charge in [0.25, 0.3) is 0 Å². The van der Waals surface area contributed by atoms with Crippen molar-refractivity contribution in [2.24, 2.45) is 5.92 Å². The van der Waals surface area contributed by atoms with E-state index < -0.39 is 0 Å². The Bertz CT molecular complexity index is 149. The highest BCUT2D eigenvalue weighted by Gasteiger charge is 2.22. The highest BCUT2D eigenvalue weighted by molar-refractivity contribution is 6.19. The van der Waals surface area contributed by atoms with E-state index in [-0.39, 0.29) is 5.56 Å². The van der Waals surface area contributed by atoms with Crippen LogP contribution >= 0.6 is 11.6 Å². The molecule has 0 amide bonds. The van der Waals surface area contributed by atoms with E-state index in [1.807, 2.05) is 0 Å². The zero-order valence-corrected chi connectivity index (χ0v) is 10.8. The second kappa shape index (κ2) is 8.41. The quantitative estimate of drug-likeness (QED) is 0.456. The third kappa shape index (κ3) is 5.77. The van der Waals surface area contributed by atoms with Crippen LogP contribution in [0.1, 0.15) is 64.7 Å². The maximum atomic E-state index is 6.12. The van der Waals surface area contributed by atoms with Crippen molar-refractivity contribution in [2.75, 3.05) is 6.61 Å².